The lowest BCUT2D eigenvalue weighted by molar-refractivity contribution is 0.0847. The molecule has 1 saturated carbocycles. The molecule has 18 heavy (non-hydrogen) atoms. The number of nitrogens with zero attached hydrogens (tertiary/aromatic N) is 2. The molecule has 1 aromatic rings. The van der Waals surface area contributed by atoms with Gasteiger partial charge in [0.05, 0.1) is 38.2 Å². The summed E-state index contributed by atoms with van der Waals surface area (Å²) in [4.78, 5) is 11.7. The Labute approximate surface area is 106 Å². The van der Waals surface area contributed by atoms with Gasteiger partial charge in [-0.3, -0.25) is 4.79 Å². The van der Waals surface area contributed by atoms with Crippen molar-refractivity contribution in [3.05, 3.63) is 22.6 Å². The summed E-state index contributed by atoms with van der Waals surface area (Å²) < 4.78 is 6.45. The fraction of sp³-hybridized carbons (Fsp3) is 0.667. The van der Waals surface area contributed by atoms with Crippen LogP contribution in [0.15, 0.2) is 17.1 Å². The van der Waals surface area contributed by atoms with Crippen LogP contribution in [0.4, 0.5) is 5.69 Å². The van der Waals surface area contributed by atoms with E-state index in [0.29, 0.717) is 13.2 Å². The van der Waals surface area contributed by atoms with Gasteiger partial charge in [0, 0.05) is 12.6 Å². The van der Waals surface area contributed by atoms with Crippen LogP contribution in [-0.4, -0.2) is 41.3 Å². The van der Waals surface area contributed by atoms with Crippen LogP contribution < -0.4 is 10.9 Å². The summed E-state index contributed by atoms with van der Waals surface area (Å²) in [6, 6.07) is 1.56. The SMILES string of the molecule is O=c1cc(NCC2CC2)cnn1CCOCCO. The Balaban J connectivity index is 1.81. The van der Waals surface area contributed by atoms with Gasteiger partial charge in [-0.25, -0.2) is 4.68 Å². The van der Waals surface area contributed by atoms with Gasteiger partial charge in [-0.15, -0.1) is 0 Å². The molecule has 1 aliphatic carbocycles. The van der Waals surface area contributed by atoms with Crippen molar-refractivity contribution in [2.75, 3.05) is 31.7 Å². The molecule has 1 heterocycles. The Morgan fingerprint density at radius 3 is 3.00 bits per heavy atom. The van der Waals surface area contributed by atoms with Crippen molar-refractivity contribution in [3.8, 4) is 0 Å². The van der Waals surface area contributed by atoms with Gasteiger partial charge in [-0.05, 0) is 18.8 Å². The zero-order valence-corrected chi connectivity index (χ0v) is 10.3. The number of hydrogen-bond donors (Lipinski definition) is 2. The molecule has 0 aromatic carbocycles. The smallest absolute Gasteiger partial charge is 0.268 e. The second-order valence-corrected chi connectivity index (χ2v) is 4.47. The molecule has 0 radical (unpaired) electrons. The van der Waals surface area contributed by atoms with Crippen molar-refractivity contribution in [1.29, 1.82) is 0 Å². The highest BCUT2D eigenvalue weighted by Crippen LogP contribution is 2.28. The Morgan fingerprint density at radius 2 is 2.33 bits per heavy atom. The highest BCUT2D eigenvalue weighted by atomic mass is 16.5. The largest absolute Gasteiger partial charge is 0.394 e. The standard InChI is InChI=1S/C12H19N3O3/c16-4-6-18-5-3-15-12(17)7-11(9-14-15)13-8-10-1-2-10/h7,9-10,13,16H,1-6,8H2. The van der Waals surface area contributed by atoms with E-state index in [1.54, 1.807) is 12.3 Å². The van der Waals surface area contributed by atoms with Gasteiger partial charge >= 0.3 is 0 Å². The summed E-state index contributed by atoms with van der Waals surface area (Å²) in [5, 5.41) is 15.8. The van der Waals surface area contributed by atoms with E-state index >= 15 is 0 Å². The molecule has 2 N–H and O–H groups in total. The molecular weight excluding hydrogens is 234 g/mol. The topological polar surface area (TPSA) is 76.4 Å². The first kappa shape index (κ1) is 13.0. The van der Waals surface area contributed by atoms with Crippen LogP contribution in [-0.2, 0) is 11.3 Å². The molecule has 0 spiro atoms. The fourth-order valence-electron chi connectivity index (χ4n) is 1.60. The summed E-state index contributed by atoms with van der Waals surface area (Å²) in [7, 11) is 0. The minimum absolute atomic E-state index is 0.00759. The summed E-state index contributed by atoms with van der Waals surface area (Å²) >= 11 is 0. The maximum atomic E-state index is 11.7. The van der Waals surface area contributed by atoms with Crippen molar-refractivity contribution in [2.45, 2.75) is 19.4 Å². The first-order chi connectivity index (χ1) is 8.79. The molecule has 0 bridgehead atoms. The lowest BCUT2D eigenvalue weighted by Crippen LogP contribution is -2.25. The maximum Gasteiger partial charge on any atom is 0.268 e. The van der Waals surface area contributed by atoms with E-state index in [0.717, 1.165) is 18.2 Å². The van der Waals surface area contributed by atoms with Crippen LogP contribution in [0, 0.1) is 5.92 Å². The molecule has 6 heteroatoms. The minimum atomic E-state index is -0.136. The van der Waals surface area contributed by atoms with E-state index in [4.69, 9.17) is 9.84 Å². The molecule has 100 valence electrons. The predicted molar refractivity (Wildman–Crippen MR) is 67.6 cm³/mol. The third-order valence-electron chi connectivity index (χ3n) is 2.84. The number of hydrogen-bond acceptors (Lipinski definition) is 5. The normalized spacial score (nSPS) is 14.7. The third-order valence-corrected chi connectivity index (χ3v) is 2.84. The number of rotatable bonds is 8. The number of aromatic nitrogens is 2. The van der Waals surface area contributed by atoms with Crippen molar-refractivity contribution in [2.24, 2.45) is 5.92 Å². The molecule has 1 aliphatic rings. The van der Waals surface area contributed by atoms with Crippen molar-refractivity contribution >= 4 is 5.69 Å². The maximum absolute atomic E-state index is 11.7. The molecule has 1 fully saturated rings. The highest BCUT2D eigenvalue weighted by Gasteiger charge is 2.20. The lowest BCUT2D eigenvalue weighted by atomic mass is 10.4. The molecule has 0 aliphatic heterocycles. The quantitative estimate of drug-likeness (QED) is 0.641. The van der Waals surface area contributed by atoms with E-state index < -0.39 is 0 Å². The van der Waals surface area contributed by atoms with Gasteiger partial charge in [0.1, 0.15) is 0 Å². The Morgan fingerprint density at radius 1 is 1.50 bits per heavy atom. The number of nitrogens with one attached hydrogen (secondary N) is 1. The van der Waals surface area contributed by atoms with Gasteiger partial charge in [0.25, 0.3) is 5.56 Å². The molecule has 2 rings (SSSR count). The minimum Gasteiger partial charge on any atom is -0.394 e. The van der Waals surface area contributed by atoms with Gasteiger partial charge in [-0.1, -0.05) is 0 Å². The molecule has 0 amide bonds. The van der Waals surface area contributed by atoms with Crippen molar-refractivity contribution in [3.63, 3.8) is 0 Å². The van der Waals surface area contributed by atoms with Gasteiger partial charge < -0.3 is 15.2 Å². The van der Waals surface area contributed by atoms with Crippen molar-refractivity contribution < 1.29 is 9.84 Å². The summed E-state index contributed by atoms with van der Waals surface area (Å²) in [6.45, 7) is 1.98. The average molecular weight is 253 g/mol. The van der Waals surface area contributed by atoms with Crippen LogP contribution in [0.25, 0.3) is 0 Å². The summed E-state index contributed by atoms with van der Waals surface area (Å²) in [5.74, 6) is 0.763. The molecule has 6 nitrogen and oxygen atoms in total. The Hall–Kier alpha value is -1.40. The van der Waals surface area contributed by atoms with E-state index in [9.17, 15) is 4.79 Å². The first-order valence-corrected chi connectivity index (χ1v) is 6.29. The summed E-state index contributed by atoms with van der Waals surface area (Å²) in [6.07, 6.45) is 4.22. The number of ether oxygens (including phenoxy) is 1. The monoisotopic (exact) mass is 253 g/mol. The lowest BCUT2D eigenvalue weighted by Gasteiger charge is -2.07. The third kappa shape index (κ3) is 4.12. The number of aliphatic hydroxyl groups is 1. The molecular formula is C12H19N3O3. The molecule has 1 aromatic heterocycles. The van der Waals surface area contributed by atoms with Crippen LogP contribution in [0.2, 0.25) is 0 Å². The second kappa shape index (κ2) is 6.51. The first-order valence-electron chi connectivity index (χ1n) is 6.29. The zero-order chi connectivity index (χ0) is 12.8. The second-order valence-electron chi connectivity index (χ2n) is 4.47. The van der Waals surface area contributed by atoms with Crippen LogP contribution in [0.1, 0.15) is 12.8 Å². The molecule has 0 unspecified atom stereocenters. The van der Waals surface area contributed by atoms with Gasteiger partial charge in [-0.2, -0.15) is 5.10 Å². The Kier molecular flexibility index (Phi) is 4.72. The van der Waals surface area contributed by atoms with Crippen molar-refractivity contribution in [1.82, 2.24) is 9.78 Å². The fourth-order valence-corrected chi connectivity index (χ4v) is 1.60. The molecule has 0 saturated heterocycles. The highest BCUT2D eigenvalue weighted by molar-refractivity contribution is 5.38. The van der Waals surface area contributed by atoms with E-state index in [1.807, 2.05) is 0 Å². The summed E-state index contributed by atoms with van der Waals surface area (Å²) in [5.41, 5.74) is 0.642. The Bertz CT molecular complexity index is 429. The molecule has 0 atom stereocenters. The average Bonchev–Trinajstić information content (AvgIpc) is 3.18. The predicted octanol–water partition coefficient (Wildman–Crippen LogP) is 0.0741. The zero-order valence-electron chi connectivity index (χ0n) is 10.3. The van der Waals surface area contributed by atoms with Crippen LogP contribution in [0.3, 0.4) is 0 Å². The number of aliphatic hydroxyl groups excluding tert-OH is 1. The van der Waals surface area contributed by atoms with E-state index in [1.165, 1.54) is 17.5 Å². The van der Waals surface area contributed by atoms with Crippen LogP contribution >= 0.6 is 0 Å². The van der Waals surface area contributed by atoms with Gasteiger partial charge in [0.15, 0.2) is 0 Å². The van der Waals surface area contributed by atoms with E-state index in [-0.39, 0.29) is 18.8 Å². The van der Waals surface area contributed by atoms with Gasteiger partial charge in [0.2, 0.25) is 0 Å². The van der Waals surface area contributed by atoms with E-state index in [2.05, 4.69) is 10.4 Å². The van der Waals surface area contributed by atoms with Crippen LogP contribution in [0.5, 0.6) is 0 Å². The number of anilines is 1.